The quantitative estimate of drug-likeness (QED) is 0.822. The normalized spacial score (nSPS) is 10.8. The second-order valence-electron chi connectivity index (χ2n) is 3.37. The Hall–Kier alpha value is -1.40. The number of oxazole rings is 1. The maximum absolute atomic E-state index is 13.8. The van der Waals surface area contributed by atoms with Crippen LogP contribution in [0.25, 0.3) is 0 Å². The lowest BCUT2D eigenvalue weighted by Gasteiger charge is -2.08. The summed E-state index contributed by atoms with van der Waals surface area (Å²) in [6.07, 6.45) is 1.47. The largest absolute Gasteiger partial charge is 0.439 e. The molecule has 7 heteroatoms. The van der Waals surface area contributed by atoms with Crippen LogP contribution in [0.15, 0.2) is 26.9 Å². The highest BCUT2D eigenvalue weighted by Gasteiger charge is 2.17. The fourth-order valence-electron chi connectivity index (χ4n) is 1.22. The van der Waals surface area contributed by atoms with Gasteiger partial charge in [0, 0.05) is 0 Å². The highest BCUT2D eigenvalue weighted by Crippen LogP contribution is 2.39. The van der Waals surface area contributed by atoms with Crippen molar-refractivity contribution >= 4 is 34.7 Å². The molecule has 4 nitrogen and oxygen atoms in total. The second kappa shape index (κ2) is 4.46. The Bertz CT molecular complexity index is 573. The van der Waals surface area contributed by atoms with Gasteiger partial charge in [0.15, 0.2) is 5.82 Å². The molecule has 1 aromatic heterocycles. The van der Waals surface area contributed by atoms with Crippen molar-refractivity contribution in [1.29, 1.82) is 0 Å². The van der Waals surface area contributed by atoms with E-state index in [1.54, 1.807) is 6.92 Å². The average molecular weight is 274 g/mol. The van der Waals surface area contributed by atoms with Crippen LogP contribution < -0.4 is 11.5 Å². The molecule has 0 atom stereocenters. The lowest BCUT2D eigenvalue weighted by Crippen LogP contribution is -1.98. The van der Waals surface area contributed by atoms with Crippen molar-refractivity contribution in [3.05, 3.63) is 28.9 Å². The van der Waals surface area contributed by atoms with Crippen LogP contribution in [0.1, 0.15) is 5.69 Å². The third-order valence-corrected chi connectivity index (χ3v) is 3.37. The number of anilines is 2. The molecule has 0 fully saturated rings. The fraction of sp³-hybridized carbons (Fsp3) is 0.100. The smallest absolute Gasteiger partial charge is 0.260 e. The SMILES string of the molecule is Cc1coc(Sc2c(N)cc(N)c(Cl)c2F)n1. The number of hydrogen-bond donors (Lipinski definition) is 2. The third-order valence-electron chi connectivity index (χ3n) is 2.01. The van der Waals surface area contributed by atoms with Crippen molar-refractivity contribution in [2.24, 2.45) is 0 Å². The van der Waals surface area contributed by atoms with E-state index in [0.717, 1.165) is 11.8 Å². The first-order valence-electron chi connectivity index (χ1n) is 4.62. The van der Waals surface area contributed by atoms with E-state index in [0.29, 0.717) is 10.9 Å². The van der Waals surface area contributed by atoms with E-state index in [4.69, 9.17) is 27.5 Å². The first kappa shape index (κ1) is 12.1. The van der Waals surface area contributed by atoms with E-state index in [9.17, 15) is 4.39 Å². The molecule has 0 amide bonds. The van der Waals surface area contributed by atoms with Crippen molar-refractivity contribution in [3.8, 4) is 0 Å². The van der Waals surface area contributed by atoms with E-state index in [1.165, 1.54) is 12.3 Å². The summed E-state index contributed by atoms with van der Waals surface area (Å²) in [7, 11) is 0. The maximum atomic E-state index is 13.8. The van der Waals surface area contributed by atoms with Crippen LogP contribution in [0.5, 0.6) is 0 Å². The summed E-state index contributed by atoms with van der Waals surface area (Å²) in [5.41, 5.74) is 12.2. The van der Waals surface area contributed by atoms with E-state index in [1.807, 2.05) is 0 Å². The van der Waals surface area contributed by atoms with Crippen molar-refractivity contribution < 1.29 is 8.81 Å². The first-order chi connectivity index (χ1) is 7.99. The van der Waals surface area contributed by atoms with Gasteiger partial charge in [-0.2, -0.15) is 0 Å². The van der Waals surface area contributed by atoms with Crippen molar-refractivity contribution in [2.45, 2.75) is 17.0 Å². The molecule has 0 unspecified atom stereocenters. The van der Waals surface area contributed by atoms with Crippen LogP contribution in [0.4, 0.5) is 15.8 Å². The van der Waals surface area contributed by atoms with Crippen LogP contribution >= 0.6 is 23.4 Å². The third kappa shape index (κ3) is 2.32. The molecule has 0 aliphatic carbocycles. The van der Waals surface area contributed by atoms with Crippen LogP contribution in [0.2, 0.25) is 5.02 Å². The van der Waals surface area contributed by atoms with Crippen LogP contribution in [-0.4, -0.2) is 4.98 Å². The number of hydrogen-bond acceptors (Lipinski definition) is 5. The fourth-order valence-corrected chi connectivity index (χ4v) is 2.25. The molecule has 2 rings (SSSR count). The Balaban J connectivity index is 2.42. The predicted molar refractivity (Wildman–Crippen MR) is 65.6 cm³/mol. The van der Waals surface area contributed by atoms with E-state index < -0.39 is 5.82 Å². The summed E-state index contributed by atoms with van der Waals surface area (Å²) < 4.78 is 18.9. The summed E-state index contributed by atoms with van der Waals surface area (Å²) in [5, 5.41) is 0.152. The summed E-state index contributed by atoms with van der Waals surface area (Å²) in [6.45, 7) is 1.77. The number of benzene rings is 1. The molecule has 0 saturated heterocycles. The minimum atomic E-state index is -0.662. The van der Waals surface area contributed by atoms with Gasteiger partial charge in [-0.3, -0.25) is 0 Å². The Morgan fingerprint density at radius 3 is 2.71 bits per heavy atom. The highest BCUT2D eigenvalue weighted by molar-refractivity contribution is 7.99. The topological polar surface area (TPSA) is 78.1 Å². The van der Waals surface area contributed by atoms with Crippen LogP contribution in [-0.2, 0) is 0 Å². The maximum Gasteiger partial charge on any atom is 0.260 e. The van der Waals surface area contributed by atoms with Gasteiger partial charge in [-0.05, 0) is 24.8 Å². The van der Waals surface area contributed by atoms with Gasteiger partial charge >= 0.3 is 0 Å². The molecule has 0 aliphatic heterocycles. The standard InChI is InChI=1S/C10H9ClFN3OS/c1-4-3-16-10(15-4)17-9-6(14)2-5(13)7(11)8(9)12/h2-3H,13-14H2,1H3. The van der Waals surface area contributed by atoms with Gasteiger partial charge in [-0.25, -0.2) is 9.37 Å². The Morgan fingerprint density at radius 1 is 1.41 bits per heavy atom. The molecule has 1 aromatic carbocycles. The molecule has 1 heterocycles. The van der Waals surface area contributed by atoms with E-state index in [-0.39, 0.29) is 21.3 Å². The summed E-state index contributed by atoms with van der Waals surface area (Å²) in [6, 6.07) is 1.41. The highest BCUT2D eigenvalue weighted by atomic mass is 35.5. The molecular weight excluding hydrogens is 265 g/mol. The van der Waals surface area contributed by atoms with Crippen LogP contribution in [0, 0.1) is 12.7 Å². The molecule has 4 N–H and O–H groups in total. The van der Waals surface area contributed by atoms with Gasteiger partial charge < -0.3 is 15.9 Å². The average Bonchev–Trinajstić information content (AvgIpc) is 2.67. The molecule has 0 spiro atoms. The van der Waals surface area contributed by atoms with Gasteiger partial charge in [-0.1, -0.05) is 11.6 Å². The van der Waals surface area contributed by atoms with Gasteiger partial charge in [0.05, 0.1) is 22.0 Å². The number of nitrogens with zero attached hydrogens (tertiary/aromatic N) is 1. The molecule has 17 heavy (non-hydrogen) atoms. The van der Waals surface area contributed by atoms with Gasteiger partial charge in [0.1, 0.15) is 11.3 Å². The van der Waals surface area contributed by atoms with Crippen molar-refractivity contribution in [2.75, 3.05) is 11.5 Å². The van der Waals surface area contributed by atoms with Gasteiger partial charge in [0.2, 0.25) is 0 Å². The summed E-state index contributed by atoms with van der Waals surface area (Å²) >= 11 is 6.67. The van der Waals surface area contributed by atoms with Crippen molar-refractivity contribution in [1.82, 2.24) is 4.98 Å². The zero-order valence-electron chi connectivity index (χ0n) is 8.83. The molecule has 0 bridgehead atoms. The molecule has 0 saturated carbocycles. The molecule has 0 radical (unpaired) electrons. The lowest BCUT2D eigenvalue weighted by molar-refractivity contribution is 0.453. The number of aryl methyl sites for hydroxylation is 1. The number of nitrogen functional groups attached to an aromatic ring is 2. The summed E-state index contributed by atoms with van der Waals surface area (Å²) in [5.74, 6) is -0.662. The predicted octanol–water partition coefficient (Wildman–Crippen LogP) is 3.09. The van der Waals surface area contributed by atoms with Gasteiger partial charge in [0.25, 0.3) is 5.22 Å². The Morgan fingerprint density at radius 2 is 2.12 bits per heavy atom. The zero-order valence-corrected chi connectivity index (χ0v) is 10.4. The number of nitrogens with two attached hydrogens (primary N) is 2. The monoisotopic (exact) mass is 273 g/mol. The molecular formula is C10H9ClFN3OS. The minimum Gasteiger partial charge on any atom is -0.439 e. The van der Waals surface area contributed by atoms with E-state index >= 15 is 0 Å². The Labute approximate surface area is 106 Å². The molecule has 0 aliphatic rings. The number of halogens is 2. The summed E-state index contributed by atoms with van der Waals surface area (Å²) in [4.78, 5) is 4.20. The lowest BCUT2D eigenvalue weighted by atomic mass is 10.3. The Kier molecular flexibility index (Phi) is 3.17. The molecule has 90 valence electrons. The van der Waals surface area contributed by atoms with Crippen molar-refractivity contribution in [3.63, 3.8) is 0 Å². The molecule has 2 aromatic rings. The minimum absolute atomic E-state index is 0.106. The van der Waals surface area contributed by atoms with E-state index in [2.05, 4.69) is 4.98 Å². The number of rotatable bonds is 2. The second-order valence-corrected chi connectivity index (χ2v) is 4.71. The van der Waals surface area contributed by atoms with Crippen LogP contribution in [0.3, 0.4) is 0 Å². The zero-order chi connectivity index (χ0) is 12.6. The number of aromatic nitrogens is 1. The van der Waals surface area contributed by atoms with Gasteiger partial charge in [-0.15, -0.1) is 0 Å². The first-order valence-corrected chi connectivity index (χ1v) is 5.81.